The molecule has 2 aromatic rings. The zero-order valence-electron chi connectivity index (χ0n) is 12.5. The number of halogens is 1. The molecule has 1 aliphatic carbocycles. The van der Waals surface area contributed by atoms with E-state index in [4.69, 9.17) is 11.6 Å². The van der Waals surface area contributed by atoms with Crippen molar-refractivity contribution in [3.63, 3.8) is 0 Å². The number of hydrogen-bond acceptors (Lipinski definition) is 4. The van der Waals surface area contributed by atoms with Crippen molar-refractivity contribution < 1.29 is 4.79 Å². The fourth-order valence-electron chi connectivity index (χ4n) is 2.57. The standard InChI is InChI=1S/C16H17ClN2OS2/c1-9-3-4-13-11(7-9)8-14(21-13)16(20)19-18-10(2)12-5-6-15(17)22-12/h5-6,8-9H,3-4,7H2,1-2H3,(H,19,20)/b18-10-/t9-/m1/s1. The second kappa shape index (κ2) is 6.52. The molecule has 3 rings (SSSR count). The molecule has 116 valence electrons. The molecule has 0 spiro atoms. The van der Waals surface area contributed by atoms with Crippen LogP contribution in [0.25, 0.3) is 0 Å². The Hall–Kier alpha value is -1.17. The molecule has 0 fully saturated rings. The van der Waals surface area contributed by atoms with E-state index in [1.165, 1.54) is 28.2 Å². The smallest absolute Gasteiger partial charge is 0.266 e. The van der Waals surface area contributed by atoms with Gasteiger partial charge in [-0.05, 0) is 55.9 Å². The first-order valence-corrected chi connectivity index (χ1v) is 9.26. The number of rotatable bonds is 3. The Morgan fingerprint density at radius 2 is 2.18 bits per heavy atom. The lowest BCUT2D eigenvalue weighted by Gasteiger charge is -2.16. The Morgan fingerprint density at radius 1 is 1.36 bits per heavy atom. The average molecular weight is 353 g/mol. The van der Waals surface area contributed by atoms with Crippen LogP contribution >= 0.6 is 34.3 Å². The van der Waals surface area contributed by atoms with Crippen LogP contribution in [0.15, 0.2) is 23.3 Å². The predicted molar refractivity (Wildman–Crippen MR) is 94.5 cm³/mol. The molecule has 1 atom stereocenters. The van der Waals surface area contributed by atoms with E-state index in [1.54, 1.807) is 11.3 Å². The van der Waals surface area contributed by atoms with Crippen molar-refractivity contribution in [2.24, 2.45) is 11.0 Å². The molecule has 3 nitrogen and oxygen atoms in total. The lowest BCUT2D eigenvalue weighted by Crippen LogP contribution is -2.17. The summed E-state index contributed by atoms with van der Waals surface area (Å²) in [7, 11) is 0. The van der Waals surface area contributed by atoms with Crippen molar-refractivity contribution in [1.82, 2.24) is 5.43 Å². The second-order valence-electron chi connectivity index (χ2n) is 5.65. The number of carbonyl (C=O) groups excluding carboxylic acids is 1. The van der Waals surface area contributed by atoms with Crippen molar-refractivity contribution in [2.45, 2.75) is 33.1 Å². The van der Waals surface area contributed by atoms with Gasteiger partial charge in [-0.25, -0.2) is 5.43 Å². The highest BCUT2D eigenvalue weighted by atomic mass is 35.5. The molecule has 0 bridgehead atoms. The Labute approximate surface area is 143 Å². The highest BCUT2D eigenvalue weighted by molar-refractivity contribution is 7.18. The van der Waals surface area contributed by atoms with E-state index >= 15 is 0 Å². The van der Waals surface area contributed by atoms with Gasteiger partial charge in [-0.3, -0.25) is 4.79 Å². The van der Waals surface area contributed by atoms with Crippen LogP contribution in [0.4, 0.5) is 0 Å². The van der Waals surface area contributed by atoms with Crippen LogP contribution in [0.1, 0.15) is 45.3 Å². The number of thiophene rings is 2. The number of hydrazone groups is 1. The molecule has 1 aliphatic rings. The lowest BCUT2D eigenvalue weighted by atomic mass is 9.90. The number of aryl methyl sites for hydroxylation is 1. The minimum absolute atomic E-state index is 0.131. The normalized spacial score (nSPS) is 18.1. The SMILES string of the molecule is C/C(=N/NC(=O)c1cc2c(s1)CC[C@@H](C)C2)c1ccc(Cl)s1. The van der Waals surface area contributed by atoms with Gasteiger partial charge in [0.15, 0.2) is 0 Å². The molecular formula is C16H17ClN2OS2. The third kappa shape index (κ3) is 3.42. The predicted octanol–water partition coefficient (Wildman–Crippen LogP) is 4.74. The van der Waals surface area contributed by atoms with Crippen LogP contribution in [0.2, 0.25) is 4.34 Å². The van der Waals surface area contributed by atoms with Crippen LogP contribution in [-0.4, -0.2) is 11.6 Å². The van der Waals surface area contributed by atoms with Crippen molar-refractivity contribution >= 4 is 45.9 Å². The molecule has 0 saturated carbocycles. The topological polar surface area (TPSA) is 41.5 Å². The fourth-order valence-corrected chi connectivity index (χ4v) is 4.66. The van der Waals surface area contributed by atoms with E-state index < -0.39 is 0 Å². The van der Waals surface area contributed by atoms with Gasteiger partial charge in [-0.15, -0.1) is 22.7 Å². The average Bonchev–Trinajstić information content (AvgIpc) is 3.10. The Morgan fingerprint density at radius 3 is 2.91 bits per heavy atom. The highest BCUT2D eigenvalue weighted by Gasteiger charge is 2.20. The van der Waals surface area contributed by atoms with Crippen molar-refractivity contribution in [1.29, 1.82) is 0 Å². The summed E-state index contributed by atoms with van der Waals surface area (Å²) >= 11 is 8.96. The van der Waals surface area contributed by atoms with Gasteiger partial charge in [-0.1, -0.05) is 18.5 Å². The lowest BCUT2D eigenvalue weighted by molar-refractivity contribution is 0.0959. The quantitative estimate of drug-likeness (QED) is 0.629. The first-order valence-electron chi connectivity index (χ1n) is 7.25. The monoisotopic (exact) mass is 352 g/mol. The maximum absolute atomic E-state index is 12.3. The van der Waals surface area contributed by atoms with Crippen molar-refractivity contribution in [2.75, 3.05) is 0 Å². The zero-order chi connectivity index (χ0) is 15.7. The van der Waals surface area contributed by atoms with Crippen molar-refractivity contribution in [3.8, 4) is 0 Å². The summed E-state index contributed by atoms with van der Waals surface area (Å²) in [5.41, 5.74) is 4.75. The van der Waals surface area contributed by atoms with Crippen LogP contribution in [0, 0.1) is 5.92 Å². The molecule has 0 aliphatic heterocycles. The first-order chi connectivity index (χ1) is 10.5. The Bertz CT molecular complexity index is 732. The van der Waals surface area contributed by atoms with Gasteiger partial charge >= 0.3 is 0 Å². The highest BCUT2D eigenvalue weighted by Crippen LogP contribution is 2.32. The summed E-state index contributed by atoms with van der Waals surface area (Å²) in [4.78, 5) is 15.3. The minimum Gasteiger partial charge on any atom is -0.266 e. The number of fused-ring (bicyclic) bond motifs is 1. The molecule has 22 heavy (non-hydrogen) atoms. The molecule has 2 aromatic heterocycles. The first kappa shape index (κ1) is 15.7. The number of hydrogen-bond donors (Lipinski definition) is 1. The summed E-state index contributed by atoms with van der Waals surface area (Å²) in [5.74, 6) is 0.580. The molecule has 0 saturated heterocycles. The van der Waals surface area contributed by atoms with Gasteiger partial charge in [0.1, 0.15) is 0 Å². The van der Waals surface area contributed by atoms with E-state index in [0.717, 1.165) is 32.6 Å². The van der Waals surface area contributed by atoms with Gasteiger partial charge in [0.2, 0.25) is 0 Å². The van der Waals surface area contributed by atoms with Gasteiger partial charge in [0, 0.05) is 4.88 Å². The molecule has 2 heterocycles. The maximum atomic E-state index is 12.3. The van der Waals surface area contributed by atoms with Gasteiger partial charge in [0.25, 0.3) is 5.91 Å². The van der Waals surface area contributed by atoms with E-state index in [0.29, 0.717) is 5.92 Å². The van der Waals surface area contributed by atoms with Gasteiger partial charge < -0.3 is 0 Å². The minimum atomic E-state index is -0.131. The summed E-state index contributed by atoms with van der Waals surface area (Å²) in [6.45, 7) is 4.13. The number of nitrogens with zero attached hydrogens (tertiary/aromatic N) is 1. The number of amides is 1. The zero-order valence-corrected chi connectivity index (χ0v) is 14.9. The number of nitrogens with one attached hydrogen (secondary N) is 1. The molecule has 1 amide bonds. The molecular weight excluding hydrogens is 336 g/mol. The van der Waals surface area contributed by atoms with Gasteiger partial charge in [-0.2, -0.15) is 5.10 Å². The third-order valence-electron chi connectivity index (χ3n) is 3.81. The van der Waals surface area contributed by atoms with E-state index in [2.05, 4.69) is 17.5 Å². The van der Waals surface area contributed by atoms with Crippen LogP contribution in [0.3, 0.4) is 0 Å². The molecule has 6 heteroatoms. The molecule has 0 unspecified atom stereocenters. The summed E-state index contributed by atoms with van der Waals surface area (Å²) in [6.07, 6.45) is 3.38. The van der Waals surface area contributed by atoms with Gasteiger partial charge in [0.05, 0.1) is 19.8 Å². The molecule has 1 N–H and O–H groups in total. The van der Waals surface area contributed by atoms with Crippen LogP contribution in [0.5, 0.6) is 0 Å². The largest absolute Gasteiger partial charge is 0.281 e. The van der Waals surface area contributed by atoms with E-state index in [1.807, 2.05) is 25.1 Å². The van der Waals surface area contributed by atoms with E-state index in [9.17, 15) is 4.79 Å². The summed E-state index contributed by atoms with van der Waals surface area (Å²) in [5, 5.41) is 4.18. The number of carbonyl (C=O) groups is 1. The summed E-state index contributed by atoms with van der Waals surface area (Å²) < 4.78 is 0.718. The van der Waals surface area contributed by atoms with E-state index in [-0.39, 0.29) is 5.91 Å². The molecule has 0 aromatic carbocycles. The Kier molecular flexibility index (Phi) is 4.66. The molecule has 0 radical (unpaired) electrons. The Balaban J connectivity index is 1.70. The maximum Gasteiger partial charge on any atom is 0.281 e. The van der Waals surface area contributed by atoms with Crippen LogP contribution < -0.4 is 5.43 Å². The van der Waals surface area contributed by atoms with Crippen molar-refractivity contribution in [3.05, 3.63) is 42.7 Å². The third-order valence-corrected chi connectivity index (χ3v) is 6.38. The fraction of sp³-hybridized carbons (Fsp3) is 0.375. The summed E-state index contributed by atoms with van der Waals surface area (Å²) in [6, 6.07) is 5.76. The second-order valence-corrected chi connectivity index (χ2v) is 8.50. The van der Waals surface area contributed by atoms with Crippen LogP contribution in [-0.2, 0) is 12.8 Å².